The Morgan fingerprint density at radius 2 is 1.94 bits per heavy atom. The van der Waals surface area contributed by atoms with E-state index in [9.17, 15) is 0 Å². The fraction of sp³-hybridized carbons (Fsp3) is 0.867. The predicted molar refractivity (Wildman–Crippen MR) is 70.6 cm³/mol. The number of nitrogens with zero attached hydrogens (tertiary/aromatic N) is 1. The van der Waals surface area contributed by atoms with Gasteiger partial charge in [0, 0.05) is 6.54 Å². The van der Waals surface area contributed by atoms with Crippen LogP contribution in [-0.2, 0) is 0 Å². The average Bonchev–Trinajstić information content (AvgIpc) is 2.47. The Bertz CT molecular complexity index is 236. The number of allylic oxidation sites excluding steroid dienone is 2. The normalized spacial score (nSPS) is 29.9. The zero-order valence-corrected chi connectivity index (χ0v) is 11.0. The van der Waals surface area contributed by atoms with Crippen LogP contribution < -0.4 is 0 Å². The number of likely N-dealkylation sites (tertiary alicyclic amines) is 1. The van der Waals surface area contributed by atoms with Crippen LogP contribution in [0.15, 0.2) is 11.6 Å². The molecule has 92 valence electrons. The molecule has 0 spiro atoms. The Hall–Kier alpha value is -0.300. The van der Waals surface area contributed by atoms with E-state index in [-0.39, 0.29) is 0 Å². The van der Waals surface area contributed by atoms with Crippen molar-refractivity contribution in [2.75, 3.05) is 19.6 Å². The summed E-state index contributed by atoms with van der Waals surface area (Å²) in [5.41, 5.74) is 1.62. The highest BCUT2D eigenvalue weighted by Crippen LogP contribution is 2.25. The van der Waals surface area contributed by atoms with Crippen molar-refractivity contribution < 1.29 is 0 Å². The van der Waals surface area contributed by atoms with Crippen LogP contribution in [0.1, 0.15) is 52.4 Å². The second-order valence-electron chi connectivity index (χ2n) is 6.02. The third-order valence-corrected chi connectivity index (χ3v) is 4.41. The molecule has 1 nitrogen and oxygen atoms in total. The van der Waals surface area contributed by atoms with Crippen LogP contribution in [0.4, 0.5) is 0 Å². The molecule has 1 saturated heterocycles. The maximum absolute atomic E-state index is 2.71. The Labute approximate surface area is 101 Å². The molecule has 1 aliphatic heterocycles. The predicted octanol–water partition coefficient (Wildman–Crippen LogP) is 3.85. The van der Waals surface area contributed by atoms with E-state index in [4.69, 9.17) is 0 Å². The highest BCUT2D eigenvalue weighted by atomic mass is 15.1. The minimum absolute atomic E-state index is 0.960. The third-order valence-electron chi connectivity index (χ3n) is 4.41. The lowest BCUT2D eigenvalue weighted by Crippen LogP contribution is -2.36. The molecule has 0 amide bonds. The van der Waals surface area contributed by atoms with Gasteiger partial charge in [-0.25, -0.2) is 0 Å². The van der Waals surface area contributed by atoms with Crippen molar-refractivity contribution in [1.82, 2.24) is 4.90 Å². The first-order valence-corrected chi connectivity index (χ1v) is 7.12. The van der Waals surface area contributed by atoms with Gasteiger partial charge in [0.1, 0.15) is 0 Å². The number of hydrogen-bond acceptors (Lipinski definition) is 1. The van der Waals surface area contributed by atoms with Gasteiger partial charge in [0.05, 0.1) is 0 Å². The molecule has 0 bridgehead atoms. The smallest absolute Gasteiger partial charge is 0.000988 e. The molecule has 0 aromatic heterocycles. The summed E-state index contributed by atoms with van der Waals surface area (Å²) >= 11 is 0. The van der Waals surface area contributed by atoms with Crippen LogP contribution in [0.25, 0.3) is 0 Å². The molecular weight excluding hydrogens is 194 g/mol. The molecule has 1 unspecified atom stereocenters. The van der Waals surface area contributed by atoms with Gasteiger partial charge in [-0.3, -0.25) is 0 Å². The second kappa shape index (κ2) is 5.86. The molecule has 0 aromatic carbocycles. The first kappa shape index (κ1) is 12.2. The van der Waals surface area contributed by atoms with Crippen LogP contribution in [0.5, 0.6) is 0 Å². The van der Waals surface area contributed by atoms with Crippen LogP contribution >= 0.6 is 0 Å². The highest BCUT2D eigenvalue weighted by molar-refractivity contribution is 5.00. The van der Waals surface area contributed by atoms with E-state index in [1.54, 1.807) is 5.57 Å². The lowest BCUT2D eigenvalue weighted by atomic mass is 9.95. The highest BCUT2D eigenvalue weighted by Gasteiger charge is 2.19. The lowest BCUT2D eigenvalue weighted by Gasteiger charge is -2.32. The van der Waals surface area contributed by atoms with Gasteiger partial charge in [0.2, 0.25) is 0 Å². The van der Waals surface area contributed by atoms with Crippen LogP contribution in [-0.4, -0.2) is 24.5 Å². The SMILES string of the molecule is CC1=CCCC(CN2CCC(C)CC2)CC1. The van der Waals surface area contributed by atoms with E-state index in [2.05, 4.69) is 24.8 Å². The van der Waals surface area contributed by atoms with Crippen molar-refractivity contribution >= 4 is 0 Å². The van der Waals surface area contributed by atoms with Gasteiger partial charge in [0.25, 0.3) is 0 Å². The van der Waals surface area contributed by atoms with E-state index in [0.29, 0.717) is 0 Å². The van der Waals surface area contributed by atoms with E-state index >= 15 is 0 Å². The molecule has 16 heavy (non-hydrogen) atoms. The van der Waals surface area contributed by atoms with Crippen molar-refractivity contribution in [2.45, 2.75) is 52.4 Å². The lowest BCUT2D eigenvalue weighted by molar-refractivity contribution is 0.161. The van der Waals surface area contributed by atoms with Gasteiger partial charge < -0.3 is 4.90 Å². The van der Waals surface area contributed by atoms with Gasteiger partial charge in [-0.2, -0.15) is 0 Å². The van der Waals surface area contributed by atoms with Gasteiger partial charge in [-0.1, -0.05) is 18.6 Å². The molecule has 0 saturated carbocycles. The van der Waals surface area contributed by atoms with Gasteiger partial charge in [-0.05, 0) is 70.4 Å². The molecule has 2 rings (SSSR count). The molecule has 0 radical (unpaired) electrons. The van der Waals surface area contributed by atoms with E-state index in [1.165, 1.54) is 58.2 Å². The topological polar surface area (TPSA) is 3.24 Å². The summed E-state index contributed by atoms with van der Waals surface area (Å²) in [5.74, 6) is 1.93. The molecule has 0 N–H and O–H groups in total. The summed E-state index contributed by atoms with van der Waals surface area (Å²) in [4.78, 5) is 2.71. The second-order valence-corrected chi connectivity index (χ2v) is 6.02. The van der Waals surface area contributed by atoms with Crippen molar-refractivity contribution in [3.8, 4) is 0 Å². The molecular formula is C15H27N. The molecule has 0 aromatic rings. The molecule has 1 atom stereocenters. The van der Waals surface area contributed by atoms with Crippen LogP contribution in [0.3, 0.4) is 0 Å². The number of rotatable bonds is 2. The molecule has 1 fully saturated rings. The van der Waals surface area contributed by atoms with E-state index < -0.39 is 0 Å². The van der Waals surface area contributed by atoms with Crippen molar-refractivity contribution in [3.63, 3.8) is 0 Å². The molecule has 2 aliphatic rings. The monoisotopic (exact) mass is 221 g/mol. The van der Waals surface area contributed by atoms with Crippen LogP contribution in [0.2, 0.25) is 0 Å². The summed E-state index contributed by atoms with van der Waals surface area (Å²) in [7, 11) is 0. The molecule has 1 heterocycles. The van der Waals surface area contributed by atoms with Crippen molar-refractivity contribution in [2.24, 2.45) is 11.8 Å². The number of piperidine rings is 1. The first-order valence-electron chi connectivity index (χ1n) is 7.12. The molecule has 1 heteroatoms. The maximum Gasteiger partial charge on any atom is 0.000988 e. The zero-order valence-electron chi connectivity index (χ0n) is 11.0. The Morgan fingerprint density at radius 1 is 1.19 bits per heavy atom. The van der Waals surface area contributed by atoms with Gasteiger partial charge in [-0.15, -0.1) is 0 Å². The minimum atomic E-state index is 0.960. The van der Waals surface area contributed by atoms with E-state index in [0.717, 1.165) is 11.8 Å². The van der Waals surface area contributed by atoms with Crippen molar-refractivity contribution in [3.05, 3.63) is 11.6 Å². The van der Waals surface area contributed by atoms with Crippen LogP contribution in [0, 0.1) is 11.8 Å². The summed E-state index contributed by atoms with van der Waals surface area (Å²) in [6, 6.07) is 0. The van der Waals surface area contributed by atoms with Gasteiger partial charge in [0.15, 0.2) is 0 Å². The Morgan fingerprint density at radius 3 is 2.69 bits per heavy atom. The minimum Gasteiger partial charge on any atom is -0.303 e. The summed E-state index contributed by atoms with van der Waals surface area (Å²) in [5, 5.41) is 0. The standard InChI is InChI=1S/C15H27N/c1-13-4-3-5-15(7-6-13)12-16-10-8-14(2)9-11-16/h4,14-15H,3,5-12H2,1-2H3. The van der Waals surface area contributed by atoms with E-state index in [1.807, 2.05) is 0 Å². The zero-order chi connectivity index (χ0) is 11.4. The fourth-order valence-electron chi connectivity index (χ4n) is 3.04. The van der Waals surface area contributed by atoms with Crippen molar-refractivity contribution in [1.29, 1.82) is 0 Å². The van der Waals surface area contributed by atoms with Gasteiger partial charge >= 0.3 is 0 Å². The maximum atomic E-state index is 2.71. The Kier molecular flexibility index (Phi) is 4.45. The summed E-state index contributed by atoms with van der Waals surface area (Å²) < 4.78 is 0. The largest absolute Gasteiger partial charge is 0.303 e. The fourth-order valence-corrected chi connectivity index (χ4v) is 3.04. The average molecular weight is 221 g/mol. The summed E-state index contributed by atoms with van der Waals surface area (Å²) in [6.07, 6.45) is 10.8. The summed E-state index contributed by atoms with van der Waals surface area (Å²) in [6.45, 7) is 8.77. The molecule has 1 aliphatic carbocycles. The number of hydrogen-bond donors (Lipinski definition) is 0. The quantitative estimate of drug-likeness (QED) is 0.640. The third kappa shape index (κ3) is 3.62. The Balaban J connectivity index is 1.73. The first-order chi connectivity index (χ1) is 7.74.